The molecule has 1 fully saturated rings. The lowest BCUT2D eigenvalue weighted by Gasteiger charge is -2.24. The summed E-state index contributed by atoms with van der Waals surface area (Å²) >= 11 is 0. The van der Waals surface area contributed by atoms with Crippen LogP contribution in [0, 0.1) is 5.92 Å². The molecule has 142 valence electrons. The van der Waals surface area contributed by atoms with Crippen LogP contribution >= 0.6 is 0 Å². The Hall–Kier alpha value is -2.71. The van der Waals surface area contributed by atoms with Gasteiger partial charge in [0.05, 0.1) is 12.0 Å². The quantitative estimate of drug-likeness (QED) is 0.768. The monoisotopic (exact) mass is 388 g/mol. The van der Waals surface area contributed by atoms with E-state index in [-0.39, 0.29) is 22.3 Å². The Morgan fingerprint density at radius 3 is 2.19 bits per heavy atom. The number of sulfonamides is 1. The first-order valence-corrected chi connectivity index (χ1v) is 9.97. The van der Waals surface area contributed by atoms with Crippen molar-refractivity contribution >= 4 is 27.5 Å². The maximum absolute atomic E-state index is 12.8. The number of hydrogen-bond donors (Lipinski definition) is 1. The number of nitrogens with one attached hydrogen (secondary N) is 1. The van der Waals surface area contributed by atoms with Crippen molar-refractivity contribution in [3.63, 3.8) is 0 Å². The standard InChI is InChI=1S/C19H20N2O5S/c1-26-21(19(23)15-6-3-2-4-7-15)27(24,25)17-12-10-16(11-13-17)20-18(22)14-8-5-9-14/h2-4,6-7,10-14H,5,8-9H2,1H3,(H,20,22). The van der Waals surface area contributed by atoms with Gasteiger partial charge in [-0.1, -0.05) is 24.6 Å². The van der Waals surface area contributed by atoms with Crippen LogP contribution in [0.3, 0.4) is 0 Å². The molecule has 0 aromatic heterocycles. The van der Waals surface area contributed by atoms with Gasteiger partial charge in [0.1, 0.15) is 0 Å². The molecule has 3 rings (SSSR count). The lowest BCUT2D eigenvalue weighted by molar-refractivity contribution is -0.122. The fraction of sp³-hybridized carbons (Fsp3) is 0.263. The van der Waals surface area contributed by atoms with Crippen LogP contribution in [0.4, 0.5) is 5.69 Å². The van der Waals surface area contributed by atoms with Gasteiger partial charge in [0.15, 0.2) is 0 Å². The van der Waals surface area contributed by atoms with Gasteiger partial charge in [-0.15, -0.1) is 4.47 Å². The van der Waals surface area contributed by atoms with Crippen LogP contribution in [0.15, 0.2) is 59.5 Å². The summed E-state index contributed by atoms with van der Waals surface area (Å²) in [4.78, 5) is 29.2. The van der Waals surface area contributed by atoms with Crippen molar-refractivity contribution in [2.45, 2.75) is 24.2 Å². The Kier molecular flexibility index (Phi) is 5.57. The van der Waals surface area contributed by atoms with Gasteiger partial charge in [0, 0.05) is 17.2 Å². The van der Waals surface area contributed by atoms with Crippen LogP contribution in [-0.2, 0) is 19.7 Å². The molecule has 0 radical (unpaired) electrons. The zero-order valence-electron chi connectivity index (χ0n) is 14.8. The van der Waals surface area contributed by atoms with Gasteiger partial charge in [0.2, 0.25) is 5.91 Å². The molecule has 1 aliphatic carbocycles. The molecule has 27 heavy (non-hydrogen) atoms. The minimum atomic E-state index is -4.20. The first kappa shape index (κ1) is 19.1. The van der Waals surface area contributed by atoms with Gasteiger partial charge in [-0.2, -0.15) is 8.42 Å². The number of benzene rings is 2. The van der Waals surface area contributed by atoms with E-state index in [1.807, 2.05) is 0 Å². The van der Waals surface area contributed by atoms with Crippen molar-refractivity contribution in [2.75, 3.05) is 12.4 Å². The Balaban J connectivity index is 1.78. The molecule has 1 saturated carbocycles. The number of hydrogen-bond acceptors (Lipinski definition) is 5. The largest absolute Gasteiger partial charge is 0.326 e. The first-order valence-electron chi connectivity index (χ1n) is 8.53. The zero-order chi connectivity index (χ0) is 19.4. The van der Waals surface area contributed by atoms with Crippen LogP contribution in [0.2, 0.25) is 0 Å². The summed E-state index contributed by atoms with van der Waals surface area (Å²) in [6.07, 6.45) is 2.81. The van der Waals surface area contributed by atoms with E-state index in [0.717, 1.165) is 26.4 Å². The third kappa shape index (κ3) is 4.01. The summed E-state index contributed by atoms with van der Waals surface area (Å²) in [5.74, 6) is -0.823. The smallest absolute Gasteiger partial charge is 0.292 e. The Morgan fingerprint density at radius 1 is 1.04 bits per heavy atom. The van der Waals surface area contributed by atoms with Gasteiger partial charge >= 0.3 is 0 Å². The Morgan fingerprint density at radius 2 is 1.67 bits per heavy atom. The summed E-state index contributed by atoms with van der Waals surface area (Å²) < 4.78 is 25.9. The fourth-order valence-electron chi connectivity index (χ4n) is 2.70. The summed E-state index contributed by atoms with van der Waals surface area (Å²) in [6.45, 7) is 0. The minimum Gasteiger partial charge on any atom is -0.326 e. The number of rotatable bonds is 6. The average molecular weight is 388 g/mol. The zero-order valence-corrected chi connectivity index (χ0v) is 15.6. The molecule has 1 aliphatic rings. The number of hydroxylamine groups is 1. The van der Waals surface area contributed by atoms with E-state index >= 15 is 0 Å². The highest BCUT2D eigenvalue weighted by atomic mass is 32.2. The topological polar surface area (TPSA) is 92.8 Å². The van der Waals surface area contributed by atoms with Gasteiger partial charge in [-0.05, 0) is 49.2 Å². The second kappa shape index (κ2) is 7.89. The molecule has 0 saturated heterocycles. The van der Waals surface area contributed by atoms with Crippen LogP contribution in [0.5, 0.6) is 0 Å². The van der Waals surface area contributed by atoms with E-state index in [4.69, 9.17) is 4.84 Å². The Labute approximate surface area is 157 Å². The molecule has 8 heteroatoms. The number of amides is 2. The number of carbonyl (C=O) groups is 2. The molecule has 0 atom stereocenters. The summed E-state index contributed by atoms with van der Waals surface area (Å²) in [7, 11) is -3.09. The molecule has 2 amide bonds. The van der Waals surface area contributed by atoms with E-state index < -0.39 is 15.9 Å². The first-order chi connectivity index (χ1) is 12.9. The Bertz CT molecular complexity index is 922. The molecule has 0 bridgehead atoms. The van der Waals surface area contributed by atoms with Crippen molar-refractivity contribution in [1.29, 1.82) is 0 Å². The third-order valence-corrected chi connectivity index (χ3v) is 6.09. The number of anilines is 1. The second-order valence-corrected chi connectivity index (χ2v) is 7.98. The molecular weight excluding hydrogens is 368 g/mol. The van der Waals surface area contributed by atoms with E-state index in [1.165, 1.54) is 36.4 Å². The predicted octanol–water partition coefficient (Wildman–Crippen LogP) is 2.82. The van der Waals surface area contributed by atoms with Crippen LogP contribution in [0.1, 0.15) is 29.6 Å². The van der Waals surface area contributed by atoms with E-state index in [0.29, 0.717) is 10.2 Å². The molecule has 0 heterocycles. The molecule has 7 nitrogen and oxygen atoms in total. The maximum atomic E-state index is 12.8. The van der Waals surface area contributed by atoms with Crippen LogP contribution in [0.25, 0.3) is 0 Å². The van der Waals surface area contributed by atoms with E-state index in [1.54, 1.807) is 18.2 Å². The predicted molar refractivity (Wildman–Crippen MR) is 99.2 cm³/mol. The fourth-order valence-corrected chi connectivity index (χ4v) is 3.89. The number of carbonyl (C=O) groups excluding carboxylic acids is 2. The highest BCUT2D eigenvalue weighted by molar-refractivity contribution is 7.89. The summed E-state index contributed by atoms with van der Waals surface area (Å²) in [5, 5.41) is 2.77. The third-order valence-electron chi connectivity index (χ3n) is 4.47. The minimum absolute atomic E-state index is 0.0286. The molecule has 2 aromatic carbocycles. The average Bonchev–Trinajstić information content (AvgIpc) is 2.61. The lowest BCUT2D eigenvalue weighted by Crippen LogP contribution is -2.36. The van der Waals surface area contributed by atoms with Gasteiger partial charge < -0.3 is 5.32 Å². The van der Waals surface area contributed by atoms with Crippen molar-refractivity contribution in [2.24, 2.45) is 5.92 Å². The molecule has 0 spiro atoms. The highest BCUT2D eigenvalue weighted by Gasteiger charge is 2.31. The van der Waals surface area contributed by atoms with E-state index in [2.05, 4.69) is 5.32 Å². The molecular formula is C19H20N2O5S. The second-order valence-electron chi connectivity index (χ2n) is 6.23. The molecule has 0 unspecified atom stereocenters. The van der Waals surface area contributed by atoms with Crippen molar-refractivity contribution in [3.05, 3.63) is 60.2 Å². The van der Waals surface area contributed by atoms with Crippen LogP contribution in [-0.4, -0.2) is 31.8 Å². The molecule has 0 aliphatic heterocycles. The van der Waals surface area contributed by atoms with E-state index in [9.17, 15) is 18.0 Å². The van der Waals surface area contributed by atoms with Crippen LogP contribution < -0.4 is 5.32 Å². The van der Waals surface area contributed by atoms with Crippen molar-refractivity contribution in [1.82, 2.24) is 4.47 Å². The molecule has 1 N–H and O–H groups in total. The van der Waals surface area contributed by atoms with Crippen molar-refractivity contribution < 1.29 is 22.8 Å². The maximum Gasteiger partial charge on any atom is 0.292 e. The number of nitrogens with zero attached hydrogens (tertiary/aromatic N) is 1. The van der Waals surface area contributed by atoms with Gasteiger partial charge in [0.25, 0.3) is 15.9 Å². The lowest BCUT2D eigenvalue weighted by atomic mass is 9.85. The summed E-state index contributed by atoms with van der Waals surface area (Å²) in [6, 6.07) is 13.6. The molecule has 2 aromatic rings. The highest BCUT2D eigenvalue weighted by Crippen LogP contribution is 2.28. The van der Waals surface area contributed by atoms with Crippen molar-refractivity contribution in [3.8, 4) is 0 Å². The summed E-state index contributed by atoms with van der Waals surface area (Å²) in [5.41, 5.74) is 0.691. The SMILES string of the molecule is CON(C(=O)c1ccccc1)S(=O)(=O)c1ccc(NC(=O)C2CCC2)cc1. The van der Waals surface area contributed by atoms with Gasteiger partial charge in [-0.3, -0.25) is 14.4 Å². The van der Waals surface area contributed by atoms with Gasteiger partial charge in [-0.25, -0.2) is 0 Å². The normalized spacial score (nSPS) is 14.3.